The Balaban J connectivity index is 0.00000225. The van der Waals surface area contributed by atoms with Gasteiger partial charge in [0.25, 0.3) is 0 Å². The van der Waals surface area contributed by atoms with E-state index in [1.165, 1.54) is 12.3 Å². The number of anilines is 4. The first kappa shape index (κ1) is 18.3. The first-order valence-electron chi connectivity index (χ1n) is 7.28. The molecule has 3 aromatic rings. The molecule has 0 aliphatic rings. The molecule has 3 rings (SSSR count). The van der Waals surface area contributed by atoms with Crippen molar-refractivity contribution >= 4 is 35.9 Å². The average molecular weight is 362 g/mol. The van der Waals surface area contributed by atoms with E-state index < -0.39 is 5.95 Å². The van der Waals surface area contributed by atoms with Crippen LogP contribution in [0.3, 0.4) is 0 Å². The molecule has 0 saturated heterocycles. The summed E-state index contributed by atoms with van der Waals surface area (Å²) in [7, 11) is 0. The summed E-state index contributed by atoms with van der Waals surface area (Å²) in [6, 6.07) is 10.8. The number of nitrogen functional groups attached to an aromatic ring is 1. The van der Waals surface area contributed by atoms with Crippen LogP contribution in [-0.4, -0.2) is 19.9 Å². The maximum atomic E-state index is 13.1. The lowest BCUT2D eigenvalue weighted by Crippen LogP contribution is -2.09. The molecule has 130 valence electrons. The molecule has 0 fully saturated rings. The summed E-state index contributed by atoms with van der Waals surface area (Å²) in [5, 5.41) is 6.06. The highest BCUT2D eigenvalue weighted by atomic mass is 35.5. The topological polar surface area (TPSA) is 102 Å². The van der Waals surface area contributed by atoms with Crippen molar-refractivity contribution in [3.63, 3.8) is 0 Å². The van der Waals surface area contributed by atoms with Crippen LogP contribution in [0.4, 0.5) is 27.9 Å². The van der Waals surface area contributed by atoms with Gasteiger partial charge in [-0.15, -0.1) is 12.4 Å². The van der Waals surface area contributed by atoms with Gasteiger partial charge in [0.15, 0.2) is 0 Å². The average Bonchev–Trinajstić information content (AvgIpc) is 2.55. The van der Waals surface area contributed by atoms with Crippen molar-refractivity contribution in [2.45, 2.75) is 13.5 Å². The summed E-state index contributed by atoms with van der Waals surface area (Å²) in [4.78, 5) is 15.8. The Labute approximate surface area is 150 Å². The van der Waals surface area contributed by atoms with Crippen LogP contribution in [0.25, 0.3) is 0 Å². The van der Waals surface area contributed by atoms with Gasteiger partial charge in [-0.05, 0) is 36.8 Å². The second-order valence-corrected chi connectivity index (χ2v) is 5.17. The van der Waals surface area contributed by atoms with E-state index in [4.69, 9.17) is 5.73 Å². The quantitative estimate of drug-likeness (QED) is 0.600. The van der Waals surface area contributed by atoms with Gasteiger partial charge >= 0.3 is 0 Å². The number of hydrogen-bond acceptors (Lipinski definition) is 7. The number of rotatable bonds is 5. The summed E-state index contributed by atoms with van der Waals surface area (Å²) in [5.74, 6) is 0.179. The minimum absolute atomic E-state index is 0. The Bertz CT molecular complexity index is 842. The van der Waals surface area contributed by atoms with Crippen LogP contribution >= 0.6 is 12.4 Å². The van der Waals surface area contributed by atoms with E-state index in [1.807, 2.05) is 31.2 Å². The van der Waals surface area contributed by atoms with E-state index in [0.29, 0.717) is 18.4 Å². The molecular formula is C16H17ClFN7. The van der Waals surface area contributed by atoms with Gasteiger partial charge in [0.2, 0.25) is 23.8 Å². The molecule has 0 aliphatic heterocycles. The standard InChI is InChI=1S/C16H16FN7.ClH/c1-10-2-4-12(5-3-10)21-16-23-14(18)22-15(24-16)20-9-11-6-7-19-13(17)8-11;/h2-8H,9H2,1H3,(H4,18,20,21,22,23,24);1H. The second-order valence-electron chi connectivity index (χ2n) is 5.17. The van der Waals surface area contributed by atoms with Crippen molar-refractivity contribution in [1.82, 2.24) is 19.9 Å². The fourth-order valence-electron chi connectivity index (χ4n) is 2.03. The van der Waals surface area contributed by atoms with Gasteiger partial charge in [-0.3, -0.25) is 0 Å². The summed E-state index contributed by atoms with van der Waals surface area (Å²) >= 11 is 0. The van der Waals surface area contributed by atoms with Gasteiger partial charge in [-0.2, -0.15) is 19.3 Å². The number of hydrogen-bond donors (Lipinski definition) is 3. The zero-order chi connectivity index (χ0) is 16.9. The van der Waals surface area contributed by atoms with Crippen molar-refractivity contribution < 1.29 is 4.39 Å². The van der Waals surface area contributed by atoms with Crippen molar-refractivity contribution in [2.24, 2.45) is 0 Å². The third-order valence-corrected chi connectivity index (χ3v) is 3.20. The van der Waals surface area contributed by atoms with Crippen LogP contribution in [0.5, 0.6) is 0 Å². The predicted molar refractivity (Wildman–Crippen MR) is 97.5 cm³/mol. The van der Waals surface area contributed by atoms with Crippen molar-refractivity contribution in [2.75, 3.05) is 16.4 Å². The van der Waals surface area contributed by atoms with E-state index in [0.717, 1.165) is 16.8 Å². The molecule has 9 heteroatoms. The maximum absolute atomic E-state index is 13.1. The molecule has 2 aromatic heterocycles. The minimum atomic E-state index is -0.536. The number of nitrogens with two attached hydrogens (primary N) is 1. The number of pyridine rings is 1. The fourth-order valence-corrected chi connectivity index (χ4v) is 2.03. The molecule has 0 unspecified atom stereocenters. The highest BCUT2D eigenvalue weighted by Gasteiger charge is 2.05. The molecule has 0 saturated carbocycles. The van der Waals surface area contributed by atoms with Crippen LogP contribution in [-0.2, 0) is 6.54 Å². The summed E-state index contributed by atoms with van der Waals surface area (Å²) in [5.41, 5.74) is 8.43. The Morgan fingerprint density at radius 3 is 2.48 bits per heavy atom. The molecular weight excluding hydrogens is 345 g/mol. The molecule has 4 N–H and O–H groups in total. The predicted octanol–water partition coefficient (Wildman–Crippen LogP) is 3.07. The Hall–Kier alpha value is -3.00. The molecule has 0 spiro atoms. The molecule has 0 atom stereocenters. The van der Waals surface area contributed by atoms with E-state index in [1.54, 1.807) is 6.07 Å². The lowest BCUT2D eigenvalue weighted by molar-refractivity contribution is 0.581. The van der Waals surface area contributed by atoms with E-state index in [-0.39, 0.29) is 18.4 Å². The van der Waals surface area contributed by atoms with Gasteiger partial charge in [-0.1, -0.05) is 17.7 Å². The maximum Gasteiger partial charge on any atom is 0.233 e. The van der Waals surface area contributed by atoms with Crippen LogP contribution in [0, 0.1) is 12.9 Å². The Morgan fingerprint density at radius 1 is 1.04 bits per heavy atom. The van der Waals surface area contributed by atoms with Crippen LogP contribution in [0.1, 0.15) is 11.1 Å². The van der Waals surface area contributed by atoms with Crippen molar-refractivity contribution in [1.29, 1.82) is 0 Å². The van der Waals surface area contributed by atoms with E-state index in [9.17, 15) is 4.39 Å². The number of aromatic nitrogens is 4. The zero-order valence-corrected chi connectivity index (χ0v) is 14.2. The molecule has 1 aromatic carbocycles. The largest absolute Gasteiger partial charge is 0.368 e. The molecule has 0 bridgehead atoms. The van der Waals surface area contributed by atoms with Crippen LogP contribution in [0.2, 0.25) is 0 Å². The zero-order valence-electron chi connectivity index (χ0n) is 13.4. The summed E-state index contributed by atoms with van der Waals surface area (Å²) in [6.07, 6.45) is 1.40. The lowest BCUT2D eigenvalue weighted by atomic mass is 10.2. The Morgan fingerprint density at radius 2 is 1.76 bits per heavy atom. The smallest absolute Gasteiger partial charge is 0.233 e. The fraction of sp³-hybridized carbons (Fsp3) is 0.125. The molecule has 0 aliphatic carbocycles. The number of halogens is 2. The molecule has 0 radical (unpaired) electrons. The highest BCUT2D eigenvalue weighted by molar-refractivity contribution is 5.85. The minimum Gasteiger partial charge on any atom is -0.368 e. The number of aryl methyl sites for hydroxylation is 1. The molecule has 7 nitrogen and oxygen atoms in total. The summed E-state index contributed by atoms with van der Waals surface area (Å²) in [6.45, 7) is 2.35. The van der Waals surface area contributed by atoms with Crippen molar-refractivity contribution in [3.05, 3.63) is 59.7 Å². The van der Waals surface area contributed by atoms with E-state index in [2.05, 4.69) is 30.6 Å². The SMILES string of the molecule is Cc1ccc(Nc2nc(N)nc(NCc3ccnc(F)c3)n2)cc1.Cl. The number of nitrogens with zero attached hydrogens (tertiary/aromatic N) is 4. The first-order chi connectivity index (χ1) is 11.6. The molecule has 2 heterocycles. The highest BCUT2D eigenvalue weighted by Crippen LogP contribution is 2.15. The lowest BCUT2D eigenvalue weighted by Gasteiger charge is -2.09. The van der Waals surface area contributed by atoms with Gasteiger partial charge in [0.05, 0.1) is 0 Å². The molecule has 25 heavy (non-hydrogen) atoms. The van der Waals surface area contributed by atoms with E-state index >= 15 is 0 Å². The van der Waals surface area contributed by atoms with Gasteiger partial charge in [0, 0.05) is 18.4 Å². The van der Waals surface area contributed by atoms with Gasteiger partial charge in [-0.25, -0.2) is 4.98 Å². The van der Waals surface area contributed by atoms with Gasteiger partial charge in [0.1, 0.15) is 0 Å². The third-order valence-electron chi connectivity index (χ3n) is 3.20. The monoisotopic (exact) mass is 361 g/mol. The Kier molecular flexibility index (Phi) is 6.02. The third kappa shape index (κ3) is 5.25. The van der Waals surface area contributed by atoms with Gasteiger partial charge < -0.3 is 16.4 Å². The number of benzene rings is 1. The second kappa shape index (κ2) is 8.20. The molecule has 0 amide bonds. The summed E-state index contributed by atoms with van der Waals surface area (Å²) < 4.78 is 13.1. The van der Waals surface area contributed by atoms with Crippen molar-refractivity contribution in [3.8, 4) is 0 Å². The van der Waals surface area contributed by atoms with Crippen LogP contribution < -0.4 is 16.4 Å². The van der Waals surface area contributed by atoms with Crippen LogP contribution in [0.15, 0.2) is 42.6 Å². The normalized spacial score (nSPS) is 10.0. The first-order valence-corrected chi connectivity index (χ1v) is 7.28. The number of nitrogens with one attached hydrogen (secondary N) is 2.